The molecule has 0 aliphatic carbocycles. The first-order valence-corrected chi connectivity index (χ1v) is 1.37. The fourth-order valence-electron chi connectivity index (χ4n) is 0. The molecule has 3 heteroatoms. The van der Waals surface area contributed by atoms with Gasteiger partial charge in [-0.15, -0.1) is 0 Å². The molecule has 0 saturated heterocycles. The lowest BCUT2D eigenvalue weighted by Crippen LogP contribution is -2.09. The molecule has 37 valence electrons. The zero-order chi connectivity index (χ0) is 5.21. The van der Waals surface area contributed by atoms with Gasteiger partial charge in [0.05, 0.1) is 7.11 Å². The Labute approximate surface area is 34.9 Å². The Morgan fingerprint density at radius 3 is 1.83 bits per heavy atom. The molecule has 0 unspecified atom stereocenters. The lowest BCUT2D eigenvalue weighted by atomic mass is 10.8. The summed E-state index contributed by atoms with van der Waals surface area (Å²) in [4.78, 5) is 0. The van der Waals surface area contributed by atoms with Gasteiger partial charge in [0.25, 0.3) is 0 Å². The highest BCUT2D eigenvalue weighted by atomic mass is 19.3. The van der Waals surface area contributed by atoms with Crippen LogP contribution in [0, 0.1) is 7.11 Å². The van der Waals surface area contributed by atoms with Crippen LogP contribution in [0.4, 0.5) is 8.78 Å². The van der Waals surface area contributed by atoms with Gasteiger partial charge in [0.15, 0.2) is 0 Å². The molecule has 0 aliphatic rings. The van der Waals surface area contributed by atoms with Gasteiger partial charge >= 0.3 is 6.11 Å². The third-order valence-electron chi connectivity index (χ3n) is 0.253. The highest BCUT2D eigenvalue weighted by Crippen LogP contribution is 2.10. The Hall–Kier alpha value is -0.180. The maximum Gasteiger partial charge on any atom is 0.353 e. The fourth-order valence-corrected chi connectivity index (χ4v) is 0. The van der Waals surface area contributed by atoms with Crippen molar-refractivity contribution in [1.29, 1.82) is 0 Å². The van der Waals surface area contributed by atoms with Crippen molar-refractivity contribution in [2.24, 2.45) is 0 Å². The minimum atomic E-state index is -3.07. The van der Waals surface area contributed by atoms with Gasteiger partial charge in [0.1, 0.15) is 0 Å². The number of hydrogen-bond donors (Lipinski definition) is 0. The van der Waals surface area contributed by atoms with Crippen molar-refractivity contribution in [2.75, 3.05) is 0 Å². The molecule has 1 radical (unpaired) electrons. The molecule has 6 heavy (non-hydrogen) atoms. The zero-order valence-corrected chi connectivity index (χ0v) is 3.37. The van der Waals surface area contributed by atoms with Crippen LogP contribution in [0.25, 0.3) is 0 Å². The van der Waals surface area contributed by atoms with Crippen LogP contribution >= 0.6 is 0 Å². The van der Waals surface area contributed by atoms with Gasteiger partial charge in [-0.1, -0.05) is 0 Å². The van der Waals surface area contributed by atoms with Crippen LogP contribution in [0.5, 0.6) is 0 Å². The zero-order valence-electron chi connectivity index (χ0n) is 3.37. The first kappa shape index (κ1) is 5.82. The summed E-state index contributed by atoms with van der Waals surface area (Å²) in [5.41, 5.74) is 0. The molecule has 0 spiro atoms. The first-order chi connectivity index (χ1) is 2.56. The summed E-state index contributed by atoms with van der Waals surface area (Å²) in [6.07, 6.45) is -3.07. The third kappa shape index (κ3) is 3.82. The van der Waals surface area contributed by atoms with E-state index in [9.17, 15) is 8.78 Å². The summed E-state index contributed by atoms with van der Waals surface area (Å²) in [5.74, 6) is 0. The summed E-state index contributed by atoms with van der Waals surface area (Å²) in [6, 6.07) is 0. The van der Waals surface area contributed by atoms with Gasteiger partial charge in [-0.05, 0) is 0 Å². The van der Waals surface area contributed by atoms with Gasteiger partial charge in [-0.2, -0.15) is 8.78 Å². The van der Waals surface area contributed by atoms with E-state index >= 15 is 0 Å². The highest BCUT2D eigenvalue weighted by molar-refractivity contribution is 4.33. The molecule has 0 N–H and O–H groups in total. The minimum Gasteiger partial charge on any atom is -0.318 e. The number of alkyl halides is 2. The first-order valence-electron chi connectivity index (χ1n) is 1.37. The van der Waals surface area contributed by atoms with E-state index in [0.717, 1.165) is 0 Å². The molecule has 0 rings (SSSR count). The Bertz CT molecular complexity index is 38.5. The van der Waals surface area contributed by atoms with Crippen LogP contribution < -0.4 is 0 Å². The Morgan fingerprint density at radius 1 is 1.67 bits per heavy atom. The van der Waals surface area contributed by atoms with Crippen molar-refractivity contribution in [3.05, 3.63) is 7.11 Å². The molecule has 0 fully saturated rings. The van der Waals surface area contributed by atoms with E-state index in [1.165, 1.54) is 0 Å². The quantitative estimate of drug-likeness (QED) is 0.478. The molecule has 0 atom stereocenters. The van der Waals surface area contributed by atoms with Gasteiger partial charge in [0, 0.05) is 6.92 Å². The van der Waals surface area contributed by atoms with Crippen molar-refractivity contribution in [3.63, 3.8) is 0 Å². The van der Waals surface area contributed by atoms with E-state index in [1.54, 1.807) is 0 Å². The fraction of sp³-hybridized carbons (Fsp3) is 0.667. The summed E-state index contributed by atoms with van der Waals surface area (Å²) < 4.78 is 25.7. The maximum absolute atomic E-state index is 11.2. The largest absolute Gasteiger partial charge is 0.353 e. The second kappa shape index (κ2) is 1.51. The van der Waals surface area contributed by atoms with E-state index < -0.39 is 6.11 Å². The van der Waals surface area contributed by atoms with E-state index in [2.05, 4.69) is 11.8 Å². The molecular weight excluding hydrogens is 90.0 g/mol. The van der Waals surface area contributed by atoms with Crippen molar-refractivity contribution in [1.82, 2.24) is 0 Å². The van der Waals surface area contributed by atoms with Crippen LogP contribution in [0.2, 0.25) is 0 Å². The lowest BCUT2D eigenvalue weighted by Gasteiger charge is -2.03. The highest BCUT2D eigenvalue weighted by Gasteiger charge is 2.17. The average molecular weight is 95.1 g/mol. The minimum absolute atomic E-state index is 0.625. The van der Waals surface area contributed by atoms with Crippen LogP contribution in [0.1, 0.15) is 6.92 Å². The molecule has 0 bridgehead atoms. The SMILES string of the molecule is [CH2]OC(C)(F)F. The molecule has 0 saturated carbocycles. The molecule has 0 amide bonds. The van der Waals surface area contributed by atoms with E-state index in [-0.39, 0.29) is 0 Å². The molecule has 0 aromatic carbocycles. The second-order valence-electron chi connectivity index (χ2n) is 0.952. The normalized spacial score (nSPS) is 12.0. The molecule has 1 nitrogen and oxygen atoms in total. The molecular formula is C3H5F2O. The Morgan fingerprint density at radius 2 is 1.83 bits per heavy atom. The summed E-state index contributed by atoms with van der Waals surface area (Å²) in [5, 5.41) is 0. The van der Waals surface area contributed by atoms with Crippen LogP contribution in [0.3, 0.4) is 0 Å². The molecule has 0 aromatic rings. The number of hydrogen-bond acceptors (Lipinski definition) is 1. The van der Waals surface area contributed by atoms with E-state index in [0.29, 0.717) is 6.92 Å². The van der Waals surface area contributed by atoms with E-state index in [1.807, 2.05) is 0 Å². The summed E-state index contributed by atoms with van der Waals surface area (Å²) in [6.45, 7) is 0.625. The van der Waals surface area contributed by atoms with Crippen LogP contribution in [-0.4, -0.2) is 6.11 Å². The van der Waals surface area contributed by atoms with Crippen LogP contribution in [-0.2, 0) is 4.74 Å². The Kier molecular flexibility index (Phi) is 1.47. The second-order valence-corrected chi connectivity index (χ2v) is 0.952. The van der Waals surface area contributed by atoms with Crippen molar-refractivity contribution in [3.8, 4) is 0 Å². The Balaban J connectivity index is 3.17. The van der Waals surface area contributed by atoms with Crippen LogP contribution in [0.15, 0.2) is 0 Å². The predicted octanol–water partition coefficient (Wildman–Crippen LogP) is 1.41. The van der Waals surface area contributed by atoms with Crippen molar-refractivity contribution >= 4 is 0 Å². The molecule has 0 aliphatic heterocycles. The monoisotopic (exact) mass is 95.0 g/mol. The number of halogens is 2. The topological polar surface area (TPSA) is 9.23 Å². The summed E-state index contributed by atoms with van der Waals surface area (Å²) >= 11 is 0. The van der Waals surface area contributed by atoms with Gasteiger partial charge in [-0.25, -0.2) is 0 Å². The average Bonchev–Trinajstić information content (AvgIpc) is 1.35. The van der Waals surface area contributed by atoms with Gasteiger partial charge < -0.3 is 4.74 Å². The predicted molar refractivity (Wildman–Crippen MR) is 17.1 cm³/mol. The smallest absolute Gasteiger partial charge is 0.318 e. The van der Waals surface area contributed by atoms with Crippen molar-refractivity contribution < 1.29 is 13.5 Å². The van der Waals surface area contributed by atoms with Gasteiger partial charge in [0.2, 0.25) is 0 Å². The number of rotatable bonds is 1. The molecule has 0 aromatic heterocycles. The number of ether oxygens (including phenoxy) is 1. The third-order valence-corrected chi connectivity index (χ3v) is 0.253. The van der Waals surface area contributed by atoms with Gasteiger partial charge in [-0.3, -0.25) is 0 Å². The van der Waals surface area contributed by atoms with Crippen molar-refractivity contribution in [2.45, 2.75) is 13.0 Å². The summed E-state index contributed by atoms with van der Waals surface area (Å²) in [7, 11) is 2.51. The maximum atomic E-state index is 11.2. The molecule has 0 heterocycles. The standard InChI is InChI=1S/C3H5F2O/c1-3(4,5)6-2/h2H2,1H3. The van der Waals surface area contributed by atoms with E-state index in [4.69, 9.17) is 0 Å². The lowest BCUT2D eigenvalue weighted by molar-refractivity contribution is -0.191.